The van der Waals surface area contributed by atoms with Gasteiger partial charge in [0.15, 0.2) is 0 Å². The lowest BCUT2D eigenvalue weighted by molar-refractivity contribution is -0.134. The molecule has 0 aliphatic heterocycles. The standard InChI is InChI=1S/C11H22N2O2/c1-4-6-7-12-11(15)9-13(8-5-2)10(3)14/h4-9H2,1-3H3,(H,12,15). The highest BCUT2D eigenvalue weighted by molar-refractivity contribution is 5.83. The Labute approximate surface area is 92.0 Å². The fraction of sp³-hybridized carbons (Fsp3) is 0.818. The van der Waals surface area contributed by atoms with Gasteiger partial charge in [0, 0.05) is 20.0 Å². The van der Waals surface area contributed by atoms with Crippen LogP contribution in [0.3, 0.4) is 0 Å². The molecule has 0 spiro atoms. The average Bonchev–Trinajstić information content (AvgIpc) is 2.17. The molecule has 0 bridgehead atoms. The summed E-state index contributed by atoms with van der Waals surface area (Å²) in [6.07, 6.45) is 2.92. The number of hydrogen-bond acceptors (Lipinski definition) is 2. The van der Waals surface area contributed by atoms with Crippen molar-refractivity contribution in [1.29, 1.82) is 0 Å². The molecule has 0 aromatic rings. The lowest BCUT2D eigenvalue weighted by Gasteiger charge is -2.19. The van der Waals surface area contributed by atoms with E-state index in [9.17, 15) is 9.59 Å². The van der Waals surface area contributed by atoms with Crippen molar-refractivity contribution in [3.63, 3.8) is 0 Å². The smallest absolute Gasteiger partial charge is 0.239 e. The zero-order chi connectivity index (χ0) is 11.7. The first-order chi connectivity index (χ1) is 7.11. The second-order valence-corrected chi connectivity index (χ2v) is 3.64. The highest BCUT2D eigenvalue weighted by Crippen LogP contribution is 1.92. The van der Waals surface area contributed by atoms with E-state index in [1.54, 1.807) is 4.90 Å². The fourth-order valence-electron chi connectivity index (χ4n) is 1.25. The SMILES string of the molecule is CCCCNC(=O)CN(CCC)C(C)=O. The molecule has 1 N–H and O–H groups in total. The number of carbonyl (C=O) groups is 2. The molecule has 15 heavy (non-hydrogen) atoms. The van der Waals surface area contributed by atoms with E-state index in [4.69, 9.17) is 0 Å². The molecule has 0 aromatic carbocycles. The third kappa shape index (κ3) is 6.94. The van der Waals surface area contributed by atoms with Crippen LogP contribution in [0.4, 0.5) is 0 Å². The predicted octanol–water partition coefficient (Wildman–Crippen LogP) is 1.16. The summed E-state index contributed by atoms with van der Waals surface area (Å²) < 4.78 is 0. The zero-order valence-corrected chi connectivity index (χ0v) is 10.0. The van der Waals surface area contributed by atoms with Crippen LogP contribution in [0.2, 0.25) is 0 Å². The van der Waals surface area contributed by atoms with Crippen molar-refractivity contribution < 1.29 is 9.59 Å². The summed E-state index contributed by atoms with van der Waals surface area (Å²) in [5.74, 6) is -0.102. The van der Waals surface area contributed by atoms with E-state index < -0.39 is 0 Å². The summed E-state index contributed by atoms with van der Waals surface area (Å²) in [4.78, 5) is 24.1. The summed E-state index contributed by atoms with van der Waals surface area (Å²) in [6.45, 7) is 7.10. The molecule has 88 valence electrons. The Hall–Kier alpha value is -1.06. The number of amides is 2. The van der Waals surface area contributed by atoms with Gasteiger partial charge >= 0.3 is 0 Å². The fourth-order valence-corrected chi connectivity index (χ4v) is 1.25. The molecule has 0 fully saturated rings. The first kappa shape index (κ1) is 13.9. The number of nitrogens with zero attached hydrogens (tertiary/aromatic N) is 1. The summed E-state index contributed by atoms with van der Waals surface area (Å²) in [5.41, 5.74) is 0. The Kier molecular flexibility index (Phi) is 7.68. The van der Waals surface area contributed by atoms with Gasteiger partial charge in [-0.3, -0.25) is 9.59 Å². The number of carbonyl (C=O) groups excluding carboxylic acids is 2. The second-order valence-electron chi connectivity index (χ2n) is 3.64. The molecule has 0 aliphatic carbocycles. The van der Waals surface area contributed by atoms with Gasteiger partial charge in [-0.05, 0) is 12.8 Å². The lowest BCUT2D eigenvalue weighted by atomic mass is 10.3. The minimum Gasteiger partial charge on any atom is -0.355 e. The molecule has 0 heterocycles. The van der Waals surface area contributed by atoms with Crippen LogP contribution in [0, 0.1) is 0 Å². The van der Waals surface area contributed by atoms with Crippen LogP contribution in [-0.2, 0) is 9.59 Å². The number of nitrogens with one attached hydrogen (secondary N) is 1. The van der Waals surface area contributed by atoms with E-state index in [1.807, 2.05) is 6.92 Å². The Morgan fingerprint density at radius 1 is 1.20 bits per heavy atom. The van der Waals surface area contributed by atoms with Crippen molar-refractivity contribution in [1.82, 2.24) is 10.2 Å². The quantitative estimate of drug-likeness (QED) is 0.647. The molecule has 0 saturated carbocycles. The highest BCUT2D eigenvalue weighted by Gasteiger charge is 2.11. The number of unbranched alkanes of at least 4 members (excludes halogenated alkanes) is 1. The summed E-state index contributed by atoms with van der Waals surface area (Å²) in [5, 5.41) is 2.79. The minimum atomic E-state index is -0.0629. The van der Waals surface area contributed by atoms with Crippen LogP contribution in [0.25, 0.3) is 0 Å². The molecule has 2 amide bonds. The van der Waals surface area contributed by atoms with Crippen LogP contribution in [0.1, 0.15) is 40.0 Å². The normalized spacial score (nSPS) is 9.80. The molecule has 0 unspecified atom stereocenters. The summed E-state index contributed by atoms with van der Waals surface area (Å²) in [6, 6.07) is 0. The molecule has 0 aliphatic rings. The molecular formula is C11H22N2O2. The Balaban J connectivity index is 3.84. The van der Waals surface area contributed by atoms with Crippen LogP contribution in [0.15, 0.2) is 0 Å². The zero-order valence-electron chi connectivity index (χ0n) is 10.0. The van der Waals surface area contributed by atoms with Gasteiger partial charge in [-0.1, -0.05) is 20.3 Å². The minimum absolute atomic E-state index is 0.0394. The first-order valence-electron chi connectivity index (χ1n) is 5.64. The Bertz CT molecular complexity index is 205. The van der Waals surface area contributed by atoms with E-state index in [1.165, 1.54) is 6.92 Å². The van der Waals surface area contributed by atoms with Crippen molar-refractivity contribution in [3.8, 4) is 0 Å². The van der Waals surface area contributed by atoms with E-state index in [0.717, 1.165) is 19.3 Å². The largest absolute Gasteiger partial charge is 0.355 e. The summed E-state index contributed by atoms with van der Waals surface area (Å²) >= 11 is 0. The van der Waals surface area contributed by atoms with Crippen LogP contribution < -0.4 is 5.32 Å². The monoisotopic (exact) mass is 214 g/mol. The molecule has 0 aromatic heterocycles. The van der Waals surface area contributed by atoms with Crippen molar-refractivity contribution in [3.05, 3.63) is 0 Å². The lowest BCUT2D eigenvalue weighted by Crippen LogP contribution is -2.40. The van der Waals surface area contributed by atoms with Gasteiger partial charge in [0.1, 0.15) is 0 Å². The Morgan fingerprint density at radius 2 is 1.87 bits per heavy atom. The molecule has 0 atom stereocenters. The van der Waals surface area contributed by atoms with Crippen molar-refractivity contribution in [2.24, 2.45) is 0 Å². The molecule has 0 radical (unpaired) electrons. The number of rotatable bonds is 7. The van der Waals surface area contributed by atoms with Gasteiger partial charge in [0.25, 0.3) is 0 Å². The van der Waals surface area contributed by atoms with Crippen molar-refractivity contribution >= 4 is 11.8 Å². The van der Waals surface area contributed by atoms with Crippen molar-refractivity contribution in [2.45, 2.75) is 40.0 Å². The molecule has 0 rings (SSSR count). The number of hydrogen-bond donors (Lipinski definition) is 1. The molecular weight excluding hydrogens is 192 g/mol. The third-order valence-corrected chi connectivity index (χ3v) is 2.13. The molecule has 0 saturated heterocycles. The predicted molar refractivity (Wildman–Crippen MR) is 60.5 cm³/mol. The van der Waals surface area contributed by atoms with Gasteiger partial charge in [-0.15, -0.1) is 0 Å². The van der Waals surface area contributed by atoms with Crippen LogP contribution in [-0.4, -0.2) is 36.3 Å². The van der Waals surface area contributed by atoms with Crippen molar-refractivity contribution in [2.75, 3.05) is 19.6 Å². The van der Waals surface area contributed by atoms with Gasteiger partial charge in [-0.2, -0.15) is 0 Å². The summed E-state index contributed by atoms with van der Waals surface area (Å²) in [7, 11) is 0. The first-order valence-corrected chi connectivity index (χ1v) is 5.64. The van der Waals surface area contributed by atoms with Crippen LogP contribution >= 0.6 is 0 Å². The van der Waals surface area contributed by atoms with Gasteiger partial charge in [-0.25, -0.2) is 0 Å². The maximum atomic E-state index is 11.4. The van der Waals surface area contributed by atoms with Gasteiger partial charge < -0.3 is 10.2 Å². The van der Waals surface area contributed by atoms with E-state index in [-0.39, 0.29) is 18.4 Å². The van der Waals surface area contributed by atoms with E-state index >= 15 is 0 Å². The molecule has 4 heteroatoms. The maximum Gasteiger partial charge on any atom is 0.239 e. The van der Waals surface area contributed by atoms with E-state index in [2.05, 4.69) is 12.2 Å². The topological polar surface area (TPSA) is 49.4 Å². The Morgan fingerprint density at radius 3 is 2.33 bits per heavy atom. The van der Waals surface area contributed by atoms with E-state index in [0.29, 0.717) is 13.1 Å². The second kappa shape index (κ2) is 8.26. The average molecular weight is 214 g/mol. The van der Waals surface area contributed by atoms with Gasteiger partial charge in [0.2, 0.25) is 11.8 Å². The molecule has 4 nitrogen and oxygen atoms in total. The van der Waals surface area contributed by atoms with Gasteiger partial charge in [0.05, 0.1) is 6.54 Å². The van der Waals surface area contributed by atoms with Crippen LogP contribution in [0.5, 0.6) is 0 Å². The maximum absolute atomic E-state index is 11.4. The third-order valence-electron chi connectivity index (χ3n) is 2.13. The highest BCUT2D eigenvalue weighted by atomic mass is 16.2.